The van der Waals surface area contributed by atoms with Gasteiger partial charge in [-0.2, -0.15) is 0 Å². The predicted octanol–water partition coefficient (Wildman–Crippen LogP) is 14.0. The molecule has 0 heterocycles. The molecule has 2 atom stereocenters. The summed E-state index contributed by atoms with van der Waals surface area (Å²) in [7, 11) is 0. The summed E-state index contributed by atoms with van der Waals surface area (Å²) in [6.45, 7) is 0. The first kappa shape index (κ1) is 32.2. The van der Waals surface area contributed by atoms with Gasteiger partial charge in [0.25, 0.3) is 0 Å². The Hall–Kier alpha value is -7.02. The van der Waals surface area contributed by atoms with E-state index in [0.29, 0.717) is 0 Å². The van der Waals surface area contributed by atoms with Crippen LogP contribution in [0.2, 0.25) is 0 Å². The van der Waals surface area contributed by atoms with Gasteiger partial charge < -0.3 is 0 Å². The second-order valence-corrected chi connectivity index (χ2v) is 15.9. The summed E-state index contributed by atoms with van der Waals surface area (Å²) in [4.78, 5) is 0. The quantitative estimate of drug-likeness (QED) is 0.166. The highest BCUT2D eigenvalue weighted by Crippen LogP contribution is 2.63. The van der Waals surface area contributed by atoms with E-state index in [1.165, 1.54) is 100 Å². The lowest BCUT2D eigenvalue weighted by molar-refractivity contribution is 0.752. The van der Waals surface area contributed by atoms with Crippen LogP contribution in [0.15, 0.2) is 218 Å². The van der Waals surface area contributed by atoms with Gasteiger partial charge in [0, 0.05) is 11.8 Å². The zero-order chi connectivity index (χ0) is 37.5. The summed E-state index contributed by atoms with van der Waals surface area (Å²) < 4.78 is 0. The lowest BCUT2D eigenvalue weighted by Gasteiger charge is -2.36. The van der Waals surface area contributed by atoms with Gasteiger partial charge in [-0.15, -0.1) is 0 Å². The fraction of sp³-hybridized carbons (Fsp3) is 0.0526. The van der Waals surface area contributed by atoms with E-state index in [9.17, 15) is 0 Å². The van der Waals surface area contributed by atoms with Crippen LogP contribution < -0.4 is 0 Å². The number of hydrogen-bond acceptors (Lipinski definition) is 0. The van der Waals surface area contributed by atoms with Gasteiger partial charge in [0.1, 0.15) is 0 Å². The summed E-state index contributed by atoms with van der Waals surface area (Å²) in [6, 6.07) is 82.0. The van der Waals surface area contributed by atoms with E-state index >= 15 is 0 Å². The average molecular weight is 723 g/mol. The highest BCUT2D eigenvalue weighted by molar-refractivity contribution is 5.95. The maximum Gasteiger partial charge on any atom is 0.0716 e. The number of fused-ring (bicyclic) bond motifs is 10. The summed E-state index contributed by atoms with van der Waals surface area (Å²) in [5.74, 6) is 0.325. The maximum absolute atomic E-state index is 2.48. The van der Waals surface area contributed by atoms with Gasteiger partial charge >= 0.3 is 0 Å². The molecule has 0 saturated carbocycles. The Bertz CT molecular complexity index is 2960. The molecule has 9 aromatic carbocycles. The fourth-order valence-corrected chi connectivity index (χ4v) is 10.9. The Morgan fingerprint density at radius 3 is 1.39 bits per heavy atom. The molecule has 0 saturated heterocycles. The van der Waals surface area contributed by atoms with Crippen LogP contribution >= 0.6 is 0 Å². The summed E-state index contributed by atoms with van der Waals surface area (Å²) >= 11 is 0. The summed E-state index contributed by atoms with van der Waals surface area (Å²) in [5, 5.41) is 0. The van der Waals surface area contributed by atoms with Crippen molar-refractivity contribution in [1.29, 1.82) is 0 Å². The van der Waals surface area contributed by atoms with Gasteiger partial charge in [0.05, 0.1) is 5.41 Å². The molecule has 0 N–H and O–H groups in total. The topological polar surface area (TPSA) is 0 Å². The third-order valence-corrected chi connectivity index (χ3v) is 13.1. The molecule has 12 rings (SSSR count). The van der Waals surface area contributed by atoms with E-state index in [-0.39, 0.29) is 11.8 Å². The molecule has 9 aromatic rings. The molecule has 266 valence electrons. The van der Waals surface area contributed by atoms with E-state index in [0.717, 1.165) is 0 Å². The molecular weight excluding hydrogens is 685 g/mol. The molecule has 0 radical (unpaired) electrons. The minimum Gasteiger partial charge on any atom is -0.0622 e. The second kappa shape index (κ2) is 12.5. The molecular formula is C57H38. The number of rotatable bonds is 5. The van der Waals surface area contributed by atoms with Crippen molar-refractivity contribution in [3.63, 3.8) is 0 Å². The zero-order valence-electron chi connectivity index (χ0n) is 31.4. The van der Waals surface area contributed by atoms with Crippen molar-refractivity contribution in [3.8, 4) is 44.5 Å². The van der Waals surface area contributed by atoms with Gasteiger partial charge in [0.2, 0.25) is 0 Å². The highest BCUT2D eigenvalue weighted by atomic mass is 14.5. The van der Waals surface area contributed by atoms with Crippen LogP contribution in [0.3, 0.4) is 0 Å². The van der Waals surface area contributed by atoms with Gasteiger partial charge in [-0.3, -0.25) is 0 Å². The lowest BCUT2D eigenvalue weighted by atomic mass is 9.65. The van der Waals surface area contributed by atoms with E-state index in [2.05, 4.69) is 218 Å². The molecule has 0 bridgehead atoms. The van der Waals surface area contributed by atoms with E-state index in [4.69, 9.17) is 0 Å². The second-order valence-electron chi connectivity index (χ2n) is 15.9. The Morgan fingerprint density at radius 1 is 0.298 bits per heavy atom. The predicted molar refractivity (Wildman–Crippen MR) is 235 cm³/mol. The summed E-state index contributed by atoms with van der Waals surface area (Å²) in [6.07, 6.45) is 0. The normalized spacial score (nSPS) is 16.2. The monoisotopic (exact) mass is 722 g/mol. The molecule has 0 amide bonds. The number of benzene rings is 9. The first-order chi connectivity index (χ1) is 28.3. The van der Waals surface area contributed by atoms with Crippen LogP contribution in [0.4, 0.5) is 0 Å². The smallest absolute Gasteiger partial charge is 0.0622 e. The first-order valence-corrected chi connectivity index (χ1v) is 20.2. The standard InChI is InChI=1S/C57H38/c1-5-17-37(18-6-1)53-45-27-14-13-25-43(45)50-35-39(29-31-46(50)53)40-30-32-47-51(36-40)48-33-34-49-44-26-15-16-28-52(44)57(41-21-9-3-10-22-41,42-23-11-4-12-24-42)56(49)55(48)54(47)38-19-7-2-8-20-38/h1-36,53-54H. The lowest BCUT2D eigenvalue weighted by Crippen LogP contribution is -2.30. The Balaban J connectivity index is 1.10. The van der Waals surface area contributed by atoms with E-state index in [1.54, 1.807) is 0 Å². The molecule has 0 heteroatoms. The molecule has 3 aliphatic carbocycles. The van der Waals surface area contributed by atoms with Crippen LogP contribution in [-0.2, 0) is 5.41 Å². The third kappa shape index (κ3) is 4.56. The van der Waals surface area contributed by atoms with Crippen molar-refractivity contribution in [2.75, 3.05) is 0 Å². The molecule has 0 fully saturated rings. The molecule has 0 spiro atoms. The van der Waals surface area contributed by atoms with Gasteiger partial charge in [-0.05, 0) is 112 Å². The van der Waals surface area contributed by atoms with Gasteiger partial charge in [-0.25, -0.2) is 0 Å². The van der Waals surface area contributed by atoms with Crippen LogP contribution in [0, 0.1) is 0 Å². The van der Waals surface area contributed by atoms with Gasteiger partial charge in [0.15, 0.2) is 0 Å². The average Bonchev–Trinajstić information content (AvgIpc) is 3.91. The van der Waals surface area contributed by atoms with Crippen molar-refractivity contribution in [2.24, 2.45) is 0 Å². The zero-order valence-corrected chi connectivity index (χ0v) is 31.4. The van der Waals surface area contributed by atoms with Crippen LogP contribution in [0.1, 0.15) is 67.5 Å². The minimum absolute atomic E-state index is 0.0832. The van der Waals surface area contributed by atoms with Crippen molar-refractivity contribution >= 4 is 0 Å². The Labute approximate surface area is 334 Å². The van der Waals surface area contributed by atoms with Crippen LogP contribution in [0.25, 0.3) is 44.5 Å². The molecule has 3 aliphatic rings. The Morgan fingerprint density at radius 2 is 0.754 bits per heavy atom. The van der Waals surface area contributed by atoms with Crippen molar-refractivity contribution in [3.05, 3.63) is 274 Å². The molecule has 2 unspecified atom stereocenters. The number of hydrogen-bond donors (Lipinski definition) is 0. The van der Waals surface area contributed by atoms with Crippen molar-refractivity contribution in [2.45, 2.75) is 17.3 Å². The van der Waals surface area contributed by atoms with Crippen LogP contribution in [0.5, 0.6) is 0 Å². The minimum atomic E-state index is -0.486. The van der Waals surface area contributed by atoms with E-state index in [1.807, 2.05) is 0 Å². The first-order valence-electron chi connectivity index (χ1n) is 20.2. The molecule has 0 nitrogen and oxygen atoms in total. The largest absolute Gasteiger partial charge is 0.0716 e. The SMILES string of the molecule is c1ccc(C2c3ccccc3-c3cc(-c4ccc5c(c4)-c4ccc6c(c4C5c4ccccc4)C(c4ccccc4)(c4ccccc4)c4ccccc4-6)ccc32)cc1. The fourth-order valence-electron chi connectivity index (χ4n) is 10.9. The van der Waals surface area contributed by atoms with Gasteiger partial charge in [-0.1, -0.05) is 206 Å². The third-order valence-electron chi connectivity index (χ3n) is 13.1. The van der Waals surface area contributed by atoms with Crippen molar-refractivity contribution < 1.29 is 0 Å². The Kier molecular flexibility index (Phi) is 7.07. The molecule has 0 aliphatic heterocycles. The highest BCUT2D eigenvalue weighted by Gasteiger charge is 2.50. The maximum atomic E-state index is 2.48. The summed E-state index contributed by atoms with van der Waals surface area (Å²) in [5.41, 5.74) is 23.6. The van der Waals surface area contributed by atoms with E-state index < -0.39 is 5.41 Å². The van der Waals surface area contributed by atoms with Crippen LogP contribution in [-0.4, -0.2) is 0 Å². The molecule has 57 heavy (non-hydrogen) atoms. The van der Waals surface area contributed by atoms with Crippen molar-refractivity contribution in [1.82, 2.24) is 0 Å². The molecule has 0 aromatic heterocycles.